The van der Waals surface area contributed by atoms with Crippen LogP contribution in [0.1, 0.15) is 31.0 Å². The van der Waals surface area contributed by atoms with E-state index in [1.807, 2.05) is 30.3 Å². The van der Waals surface area contributed by atoms with E-state index in [0.29, 0.717) is 18.4 Å². The van der Waals surface area contributed by atoms with Crippen LogP contribution in [-0.2, 0) is 25.6 Å². The number of rotatable bonds is 9. The number of carbonyl (C=O) groups excluding carboxylic acids is 3. The zero-order valence-electron chi connectivity index (χ0n) is 16.7. The molecule has 2 rings (SSSR count). The highest BCUT2D eigenvalue weighted by molar-refractivity contribution is 5.92. The summed E-state index contributed by atoms with van der Waals surface area (Å²) in [7, 11) is 0. The van der Waals surface area contributed by atoms with Gasteiger partial charge in [0.05, 0.1) is 6.42 Å². The number of amides is 2. The van der Waals surface area contributed by atoms with E-state index in [4.69, 9.17) is 5.11 Å². The Balaban J connectivity index is 2.29. The highest BCUT2D eigenvalue weighted by Crippen LogP contribution is 2.10. The molecule has 0 aliphatic heterocycles. The van der Waals surface area contributed by atoms with Crippen molar-refractivity contribution in [1.82, 2.24) is 4.68 Å². The Bertz CT molecular complexity index is 1000. The molecule has 1 aromatic heterocycles. The number of aldehydes is 1. The number of nitrogens with zero attached hydrogens (tertiary/aromatic N) is 2. The van der Waals surface area contributed by atoms with Crippen LogP contribution in [0, 0.1) is 6.92 Å². The van der Waals surface area contributed by atoms with Crippen molar-refractivity contribution in [2.75, 3.05) is 10.3 Å². The molecule has 2 amide bonds. The first-order chi connectivity index (χ1) is 14.2. The van der Waals surface area contributed by atoms with Crippen molar-refractivity contribution in [1.29, 1.82) is 0 Å². The zero-order chi connectivity index (χ0) is 22.3. The molecule has 0 aliphatic rings. The topological polar surface area (TPSA) is 126 Å². The third-order valence-electron chi connectivity index (χ3n) is 4.40. The molecule has 0 unspecified atom stereocenters. The van der Waals surface area contributed by atoms with Gasteiger partial charge in [-0.2, -0.15) is 0 Å². The van der Waals surface area contributed by atoms with E-state index in [2.05, 4.69) is 5.32 Å². The molecular weight excluding hydrogens is 390 g/mol. The van der Waals surface area contributed by atoms with Crippen molar-refractivity contribution in [2.45, 2.75) is 39.2 Å². The first-order valence-corrected chi connectivity index (χ1v) is 9.28. The predicted molar refractivity (Wildman–Crippen MR) is 110 cm³/mol. The van der Waals surface area contributed by atoms with Gasteiger partial charge in [0.1, 0.15) is 18.0 Å². The Hall–Kier alpha value is -3.75. The average Bonchev–Trinajstić information content (AvgIpc) is 2.70. The molecule has 1 atom stereocenters. The fraction of sp³-hybridized carbons (Fsp3) is 0.286. The van der Waals surface area contributed by atoms with Crippen LogP contribution in [0.15, 0.2) is 47.3 Å². The normalized spacial score (nSPS) is 11.4. The number of hydrogen-bond donors (Lipinski definition) is 2. The summed E-state index contributed by atoms with van der Waals surface area (Å²) < 4.78 is 0.914. The summed E-state index contributed by atoms with van der Waals surface area (Å²) in [6.45, 7) is 2.65. The van der Waals surface area contributed by atoms with Crippen LogP contribution in [0.2, 0.25) is 0 Å². The molecule has 30 heavy (non-hydrogen) atoms. The molecule has 0 fully saturated rings. The van der Waals surface area contributed by atoms with E-state index < -0.39 is 35.8 Å². The molecule has 2 N–H and O–H groups in total. The second kappa shape index (κ2) is 10.1. The van der Waals surface area contributed by atoms with Crippen LogP contribution in [-0.4, -0.2) is 39.9 Å². The van der Waals surface area contributed by atoms with Gasteiger partial charge in [-0.25, -0.2) is 9.69 Å². The summed E-state index contributed by atoms with van der Waals surface area (Å²) in [5.74, 6) is -2.38. The molecule has 9 heteroatoms. The highest BCUT2D eigenvalue weighted by atomic mass is 16.4. The quantitative estimate of drug-likeness (QED) is 0.596. The lowest BCUT2D eigenvalue weighted by atomic mass is 10.1. The lowest BCUT2D eigenvalue weighted by molar-refractivity contribution is -0.138. The van der Waals surface area contributed by atoms with Crippen LogP contribution in [0.3, 0.4) is 0 Å². The van der Waals surface area contributed by atoms with Gasteiger partial charge in [-0.3, -0.25) is 19.2 Å². The Labute approximate surface area is 172 Å². The average molecular weight is 413 g/mol. The number of carboxylic acids is 1. The largest absolute Gasteiger partial charge is 0.481 e. The second-order valence-electron chi connectivity index (χ2n) is 6.70. The molecule has 0 saturated carbocycles. The molecule has 0 radical (unpaired) electrons. The van der Waals surface area contributed by atoms with Gasteiger partial charge in [0.25, 0.3) is 5.56 Å². The minimum absolute atomic E-state index is 0.0788. The lowest BCUT2D eigenvalue weighted by Crippen LogP contribution is -2.54. The van der Waals surface area contributed by atoms with Crippen molar-refractivity contribution in [3.05, 3.63) is 64.1 Å². The number of carboxylic acid groups (broad SMARTS) is 1. The van der Waals surface area contributed by atoms with Gasteiger partial charge < -0.3 is 15.2 Å². The first-order valence-electron chi connectivity index (χ1n) is 9.28. The molecular formula is C21H23N3O6. The maximum atomic E-state index is 12.9. The van der Waals surface area contributed by atoms with Gasteiger partial charge in [-0.05, 0) is 31.0 Å². The Morgan fingerprint density at radius 2 is 1.83 bits per heavy atom. The Morgan fingerprint density at radius 1 is 1.17 bits per heavy atom. The number of pyridine rings is 1. The maximum Gasteiger partial charge on any atom is 0.305 e. The number of aryl methyl sites for hydroxylation is 2. The van der Waals surface area contributed by atoms with E-state index >= 15 is 0 Å². The lowest BCUT2D eigenvalue weighted by Gasteiger charge is -2.29. The molecule has 9 nitrogen and oxygen atoms in total. The SMILES string of the molecule is CC(=O)N([C@H](C=O)CC(=O)O)n1c(C)ccc(NC(=O)CCc2ccccc2)c1=O. The van der Waals surface area contributed by atoms with Gasteiger partial charge in [0.15, 0.2) is 0 Å². The summed E-state index contributed by atoms with van der Waals surface area (Å²) in [6, 6.07) is 10.9. The Morgan fingerprint density at radius 3 is 2.40 bits per heavy atom. The van der Waals surface area contributed by atoms with Crippen LogP contribution in [0.5, 0.6) is 0 Å². The van der Waals surface area contributed by atoms with E-state index in [9.17, 15) is 24.0 Å². The number of benzene rings is 1. The summed E-state index contributed by atoms with van der Waals surface area (Å²) in [6.07, 6.45) is 0.261. The van der Waals surface area contributed by atoms with Crippen molar-refractivity contribution >= 4 is 29.8 Å². The molecule has 2 aromatic rings. The van der Waals surface area contributed by atoms with Crippen LogP contribution in [0.25, 0.3) is 0 Å². The minimum atomic E-state index is -1.37. The maximum absolute atomic E-state index is 12.9. The molecule has 0 spiro atoms. The van der Waals surface area contributed by atoms with E-state index in [1.54, 1.807) is 0 Å². The Kier molecular flexibility index (Phi) is 7.62. The van der Waals surface area contributed by atoms with Crippen molar-refractivity contribution < 1.29 is 24.3 Å². The zero-order valence-corrected chi connectivity index (χ0v) is 16.7. The number of anilines is 1. The monoisotopic (exact) mass is 413 g/mol. The first kappa shape index (κ1) is 22.5. The van der Waals surface area contributed by atoms with Gasteiger partial charge >= 0.3 is 5.97 Å². The van der Waals surface area contributed by atoms with Crippen molar-refractivity contribution in [3.63, 3.8) is 0 Å². The molecule has 1 aromatic carbocycles. The number of hydrogen-bond acceptors (Lipinski definition) is 5. The smallest absolute Gasteiger partial charge is 0.305 e. The second-order valence-corrected chi connectivity index (χ2v) is 6.70. The minimum Gasteiger partial charge on any atom is -0.481 e. The third kappa shape index (κ3) is 5.63. The van der Waals surface area contributed by atoms with Gasteiger partial charge in [0.2, 0.25) is 11.8 Å². The fourth-order valence-electron chi connectivity index (χ4n) is 2.99. The van der Waals surface area contributed by atoms with Crippen LogP contribution in [0.4, 0.5) is 5.69 Å². The van der Waals surface area contributed by atoms with Crippen LogP contribution >= 0.6 is 0 Å². The van der Waals surface area contributed by atoms with Crippen molar-refractivity contribution in [3.8, 4) is 0 Å². The molecule has 0 bridgehead atoms. The third-order valence-corrected chi connectivity index (χ3v) is 4.40. The summed E-state index contributed by atoms with van der Waals surface area (Å²) in [5.41, 5.74) is 0.453. The summed E-state index contributed by atoms with van der Waals surface area (Å²) in [5, 5.41) is 12.3. The van der Waals surface area contributed by atoms with Crippen molar-refractivity contribution in [2.24, 2.45) is 0 Å². The summed E-state index contributed by atoms with van der Waals surface area (Å²) in [4.78, 5) is 59.9. The van der Waals surface area contributed by atoms with Gasteiger partial charge in [-0.1, -0.05) is 30.3 Å². The van der Waals surface area contributed by atoms with E-state index in [1.165, 1.54) is 19.1 Å². The fourth-order valence-corrected chi connectivity index (χ4v) is 2.99. The van der Waals surface area contributed by atoms with E-state index in [-0.39, 0.29) is 12.1 Å². The molecule has 158 valence electrons. The number of aromatic nitrogens is 1. The molecule has 0 saturated heterocycles. The predicted octanol–water partition coefficient (Wildman–Crippen LogP) is 1.25. The standard InChI is InChI=1S/C21H23N3O6/c1-14-8-10-18(22-19(27)11-9-16-6-4-3-5-7-16)21(30)23(14)24(15(2)26)17(13-25)12-20(28)29/h3-8,10,13,17H,9,11-12H2,1-2H3,(H,22,27)(H,28,29)/t17-/m0/s1. The molecule has 1 heterocycles. The molecule has 0 aliphatic carbocycles. The van der Waals surface area contributed by atoms with Gasteiger partial charge in [0, 0.05) is 19.0 Å². The highest BCUT2D eigenvalue weighted by Gasteiger charge is 2.27. The number of nitrogens with one attached hydrogen (secondary N) is 1. The van der Waals surface area contributed by atoms with Gasteiger partial charge in [-0.15, -0.1) is 0 Å². The number of carbonyl (C=O) groups is 4. The van der Waals surface area contributed by atoms with Crippen LogP contribution < -0.4 is 15.9 Å². The number of aliphatic carboxylic acids is 1. The summed E-state index contributed by atoms with van der Waals surface area (Å²) >= 11 is 0. The van der Waals surface area contributed by atoms with E-state index in [0.717, 1.165) is 22.2 Å².